The fourth-order valence-corrected chi connectivity index (χ4v) is 3.69. The molecule has 3 aromatic rings. The molecule has 1 aromatic heterocycles. The summed E-state index contributed by atoms with van der Waals surface area (Å²) in [6.07, 6.45) is 2.34. The lowest BCUT2D eigenvalue weighted by Crippen LogP contribution is -2.40. The summed E-state index contributed by atoms with van der Waals surface area (Å²) in [5.74, 6) is 1.30. The third kappa shape index (κ3) is 3.03. The SMILES string of the molecule is COc1cc2c(cc1OC)[C@H](c1ccccc1)N(C(=O)c1ccn[nH]1)CC2. The molecular weight excluding hydrogens is 342 g/mol. The zero-order valence-electron chi connectivity index (χ0n) is 15.3. The number of aromatic amines is 1. The molecule has 0 aliphatic carbocycles. The van der Waals surface area contributed by atoms with Gasteiger partial charge in [-0.2, -0.15) is 5.10 Å². The van der Waals surface area contributed by atoms with Gasteiger partial charge in [-0.05, 0) is 41.3 Å². The highest BCUT2D eigenvalue weighted by Crippen LogP contribution is 2.41. The van der Waals surface area contributed by atoms with Crippen LogP contribution in [0.2, 0.25) is 0 Å². The summed E-state index contributed by atoms with van der Waals surface area (Å²) in [4.78, 5) is 15.0. The van der Waals surface area contributed by atoms with E-state index in [0.717, 1.165) is 23.1 Å². The highest BCUT2D eigenvalue weighted by Gasteiger charge is 2.34. The molecule has 0 unspecified atom stereocenters. The number of amides is 1. The largest absolute Gasteiger partial charge is 0.493 e. The molecule has 0 spiro atoms. The summed E-state index contributed by atoms with van der Waals surface area (Å²) in [5, 5.41) is 6.71. The molecule has 1 aliphatic rings. The lowest BCUT2D eigenvalue weighted by molar-refractivity contribution is 0.0688. The number of carbonyl (C=O) groups is 1. The van der Waals surface area contributed by atoms with Crippen LogP contribution in [0.3, 0.4) is 0 Å². The predicted molar refractivity (Wildman–Crippen MR) is 101 cm³/mol. The molecular formula is C21H21N3O3. The minimum absolute atomic E-state index is 0.0678. The van der Waals surface area contributed by atoms with Gasteiger partial charge in [0.15, 0.2) is 11.5 Å². The Kier molecular flexibility index (Phi) is 4.54. The van der Waals surface area contributed by atoms with Crippen LogP contribution in [-0.4, -0.2) is 41.8 Å². The molecule has 27 heavy (non-hydrogen) atoms. The van der Waals surface area contributed by atoms with Crippen LogP contribution >= 0.6 is 0 Å². The van der Waals surface area contributed by atoms with Crippen LogP contribution in [0.25, 0.3) is 0 Å². The molecule has 0 bridgehead atoms. The van der Waals surface area contributed by atoms with E-state index in [1.807, 2.05) is 47.4 Å². The molecule has 0 fully saturated rings. The van der Waals surface area contributed by atoms with Crippen LogP contribution in [0.5, 0.6) is 11.5 Å². The van der Waals surface area contributed by atoms with E-state index in [2.05, 4.69) is 10.2 Å². The van der Waals surface area contributed by atoms with E-state index in [4.69, 9.17) is 9.47 Å². The average molecular weight is 363 g/mol. The number of ether oxygens (including phenoxy) is 2. The highest BCUT2D eigenvalue weighted by molar-refractivity contribution is 5.93. The second-order valence-electron chi connectivity index (χ2n) is 6.44. The van der Waals surface area contributed by atoms with Crippen molar-refractivity contribution in [3.8, 4) is 11.5 Å². The molecule has 2 aromatic carbocycles. The summed E-state index contributed by atoms with van der Waals surface area (Å²) in [5.41, 5.74) is 3.76. The maximum atomic E-state index is 13.1. The Balaban J connectivity index is 1.85. The van der Waals surface area contributed by atoms with Crippen LogP contribution in [0, 0.1) is 0 Å². The van der Waals surface area contributed by atoms with Gasteiger partial charge in [-0.25, -0.2) is 0 Å². The van der Waals surface area contributed by atoms with Crippen molar-refractivity contribution >= 4 is 5.91 Å². The van der Waals surface area contributed by atoms with Crippen molar-refractivity contribution in [1.29, 1.82) is 0 Å². The van der Waals surface area contributed by atoms with Gasteiger partial charge < -0.3 is 14.4 Å². The number of methoxy groups -OCH3 is 2. The Morgan fingerprint density at radius 3 is 2.52 bits per heavy atom. The van der Waals surface area contributed by atoms with Crippen molar-refractivity contribution in [2.75, 3.05) is 20.8 Å². The maximum absolute atomic E-state index is 13.1. The smallest absolute Gasteiger partial charge is 0.272 e. The predicted octanol–water partition coefficient (Wildman–Crippen LogP) is 3.21. The Hall–Kier alpha value is -3.28. The normalized spacial score (nSPS) is 15.9. The standard InChI is InChI=1S/C21H21N3O3/c1-26-18-12-15-9-11-24(21(25)17-8-10-22-23-17)20(14-6-4-3-5-7-14)16(15)13-19(18)27-2/h3-8,10,12-13,20H,9,11H2,1-2H3,(H,22,23)/t20-/m0/s1. The van der Waals surface area contributed by atoms with Gasteiger partial charge in [-0.15, -0.1) is 0 Å². The fourth-order valence-electron chi connectivity index (χ4n) is 3.69. The number of fused-ring (bicyclic) bond motifs is 1. The van der Waals surface area contributed by atoms with Crippen molar-refractivity contribution in [1.82, 2.24) is 15.1 Å². The molecule has 1 atom stereocenters. The van der Waals surface area contributed by atoms with Crippen LogP contribution in [-0.2, 0) is 6.42 Å². The van der Waals surface area contributed by atoms with Gasteiger partial charge >= 0.3 is 0 Å². The molecule has 0 saturated carbocycles. The van der Waals surface area contributed by atoms with Gasteiger partial charge in [0.2, 0.25) is 0 Å². The Morgan fingerprint density at radius 1 is 1.11 bits per heavy atom. The number of H-pyrrole nitrogens is 1. The van der Waals surface area contributed by atoms with E-state index in [1.54, 1.807) is 26.5 Å². The maximum Gasteiger partial charge on any atom is 0.272 e. The second kappa shape index (κ2) is 7.15. The molecule has 2 heterocycles. The van der Waals surface area contributed by atoms with Gasteiger partial charge in [0.1, 0.15) is 5.69 Å². The van der Waals surface area contributed by atoms with E-state index in [9.17, 15) is 4.79 Å². The number of nitrogens with zero attached hydrogens (tertiary/aromatic N) is 2. The number of nitrogens with one attached hydrogen (secondary N) is 1. The molecule has 6 nitrogen and oxygen atoms in total. The summed E-state index contributed by atoms with van der Waals surface area (Å²) in [6.45, 7) is 0.611. The minimum Gasteiger partial charge on any atom is -0.493 e. The summed E-state index contributed by atoms with van der Waals surface area (Å²) in [7, 11) is 3.26. The monoisotopic (exact) mass is 363 g/mol. The van der Waals surface area contributed by atoms with Crippen molar-refractivity contribution < 1.29 is 14.3 Å². The molecule has 1 aliphatic heterocycles. The van der Waals surface area contributed by atoms with Crippen molar-refractivity contribution in [3.63, 3.8) is 0 Å². The molecule has 0 radical (unpaired) electrons. The Labute approximate surface area is 157 Å². The van der Waals surface area contributed by atoms with E-state index >= 15 is 0 Å². The van der Waals surface area contributed by atoms with Gasteiger partial charge in [-0.1, -0.05) is 30.3 Å². The van der Waals surface area contributed by atoms with Crippen LogP contribution in [0.1, 0.15) is 33.2 Å². The quantitative estimate of drug-likeness (QED) is 0.773. The first-order chi connectivity index (χ1) is 13.2. The van der Waals surface area contributed by atoms with Crippen molar-refractivity contribution in [2.24, 2.45) is 0 Å². The number of carbonyl (C=O) groups excluding carboxylic acids is 1. The van der Waals surface area contributed by atoms with Crippen molar-refractivity contribution in [2.45, 2.75) is 12.5 Å². The second-order valence-corrected chi connectivity index (χ2v) is 6.44. The lowest BCUT2D eigenvalue weighted by atomic mass is 9.87. The first-order valence-electron chi connectivity index (χ1n) is 8.83. The number of rotatable bonds is 4. The number of benzene rings is 2. The third-order valence-electron chi connectivity index (χ3n) is 4.98. The first kappa shape index (κ1) is 17.1. The molecule has 1 amide bonds. The zero-order valence-corrected chi connectivity index (χ0v) is 15.3. The van der Waals surface area contributed by atoms with E-state index in [-0.39, 0.29) is 11.9 Å². The molecule has 138 valence electrons. The minimum atomic E-state index is -0.203. The number of aromatic nitrogens is 2. The van der Waals surface area contributed by atoms with E-state index < -0.39 is 0 Å². The van der Waals surface area contributed by atoms with Gasteiger partial charge in [0.05, 0.1) is 20.3 Å². The van der Waals surface area contributed by atoms with Gasteiger partial charge in [0, 0.05) is 12.7 Å². The highest BCUT2D eigenvalue weighted by atomic mass is 16.5. The van der Waals surface area contributed by atoms with E-state index in [0.29, 0.717) is 23.7 Å². The van der Waals surface area contributed by atoms with Crippen LogP contribution < -0.4 is 9.47 Å². The summed E-state index contributed by atoms with van der Waals surface area (Å²) >= 11 is 0. The molecule has 6 heteroatoms. The molecule has 1 N–H and O–H groups in total. The number of hydrogen-bond acceptors (Lipinski definition) is 4. The Morgan fingerprint density at radius 2 is 1.85 bits per heavy atom. The van der Waals surface area contributed by atoms with Gasteiger partial charge in [-0.3, -0.25) is 9.89 Å². The summed E-state index contributed by atoms with van der Waals surface area (Å²) in [6, 6.07) is 15.5. The van der Waals surface area contributed by atoms with Crippen molar-refractivity contribution in [3.05, 3.63) is 77.1 Å². The third-order valence-corrected chi connectivity index (χ3v) is 4.98. The number of hydrogen-bond donors (Lipinski definition) is 1. The fraction of sp³-hybridized carbons (Fsp3) is 0.238. The molecule has 0 saturated heterocycles. The summed E-state index contributed by atoms with van der Waals surface area (Å²) < 4.78 is 11.0. The van der Waals surface area contributed by atoms with E-state index in [1.165, 1.54) is 0 Å². The topological polar surface area (TPSA) is 67.5 Å². The molecule has 4 rings (SSSR count). The van der Waals surface area contributed by atoms with Crippen LogP contribution in [0.15, 0.2) is 54.7 Å². The first-order valence-corrected chi connectivity index (χ1v) is 8.83. The Bertz CT molecular complexity index is 939. The van der Waals surface area contributed by atoms with Crippen LogP contribution in [0.4, 0.5) is 0 Å². The van der Waals surface area contributed by atoms with Gasteiger partial charge in [0.25, 0.3) is 5.91 Å². The zero-order chi connectivity index (χ0) is 18.8. The average Bonchev–Trinajstić information content (AvgIpc) is 3.26. The lowest BCUT2D eigenvalue weighted by Gasteiger charge is -2.38.